The van der Waals surface area contributed by atoms with Gasteiger partial charge < -0.3 is 10.2 Å². The van der Waals surface area contributed by atoms with Crippen LogP contribution in [0, 0.1) is 17.3 Å². The van der Waals surface area contributed by atoms with Gasteiger partial charge in [-0.3, -0.25) is 0 Å². The van der Waals surface area contributed by atoms with Crippen molar-refractivity contribution in [2.75, 3.05) is 0 Å². The highest BCUT2D eigenvalue weighted by Gasteiger charge is 2.48. The summed E-state index contributed by atoms with van der Waals surface area (Å²) in [6, 6.07) is 0. The van der Waals surface area contributed by atoms with Crippen molar-refractivity contribution in [2.24, 2.45) is 17.3 Å². The number of aliphatic hydroxyl groups is 2. The van der Waals surface area contributed by atoms with Crippen LogP contribution in [0.4, 0.5) is 0 Å². The van der Waals surface area contributed by atoms with Crippen molar-refractivity contribution in [3.05, 3.63) is 11.6 Å². The molecule has 0 radical (unpaired) electrons. The molecule has 0 aromatic carbocycles. The molecule has 17 heavy (non-hydrogen) atoms. The number of fused-ring (bicyclic) bond motifs is 1. The summed E-state index contributed by atoms with van der Waals surface area (Å²) >= 11 is 0. The third-order valence-electron chi connectivity index (χ3n) is 5.08. The fourth-order valence-corrected chi connectivity index (χ4v) is 3.75. The van der Waals surface area contributed by atoms with Crippen LogP contribution in [0.25, 0.3) is 0 Å². The van der Waals surface area contributed by atoms with Crippen LogP contribution in [0.1, 0.15) is 53.4 Å². The highest BCUT2D eigenvalue weighted by Crippen LogP contribution is 2.51. The Morgan fingerprint density at radius 2 is 1.88 bits per heavy atom. The van der Waals surface area contributed by atoms with Gasteiger partial charge in [-0.1, -0.05) is 26.3 Å². The maximum atomic E-state index is 10.6. The first-order chi connectivity index (χ1) is 7.74. The molecule has 4 atom stereocenters. The molecule has 0 unspecified atom stereocenters. The molecule has 0 heterocycles. The van der Waals surface area contributed by atoms with Gasteiger partial charge in [-0.2, -0.15) is 0 Å². The standard InChI is InChI=1S/C15H26O2/c1-10-8-11-12(9-13(10)16)15(4,17)7-5-6-14(11,2)3/h8,11-13,16-17H,5-7,9H2,1-4H3/t11-,12-,13-,15+/m1/s1. The summed E-state index contributed by atoms with van der Waals surface area (Å²) in [5.74, 6) is 0.585. The highest BCUT2D eigenvalue weighted by atomic mass is 16.3. The lowest BCUT2D eigenvalue weighted by Gasteiger charge is -2.45. The molecule has 0 aliphatic heterocycles. The Labute approximate surface area is 105 Å². The molecular formula is C15H26O2. The summed E-state index contributed by atoms with van der Waals surface area (Å²) in [5, 5.41) is 20.7. The summed E-state index contributed by atoms with van der Waals surface area (Å²) in [6.07, 6.45) is 5.66. The van der Waals surface area contributed by atoms with E-state index in [-0.39, 0.29) is 17.4 Å². The Morgan fingerprint density at radius 1 is 1.24 bits per heavy atom. The summed E-state index contributed by atoms with van der Waals surface area (Å²) in [5.41, 5.74) is 0.681. The van der Waals surface area contributed by atoms with E-state index in [2.05, 4.69) is 19.9 Å². The van der Waals surface area contributed by atoms with E-state index >= 15 is 0 Å². The molecule has 2 aliphatic carbocycles. The second-order valence-electron chi connectivity index (χ2n) is 6.99. The van der Waals surface area contributed by atoms with E-state index in [1.807, 2.05) is 13.8 Å². The number of hydrogen-bond donors (Lipinski definition) is 2. The maximum Gasteiger partial charge on any atom is 0.0751 e. The lowest BCUT2D eigenvalue weighted by Crippen LogP contribution is -2.45. The van der Waals surface area contributed by atoms with Crippen molar-refractivity contribution in [2.45, 2.75) is 65.1 Å². The van der Waals surface area contributed by atoms with Gasteiger partial charge in [0.15, 0.2) is 0 Å². The van der Waals surface area contributed by atoms with Crippen molar-refractivity contribution in [3.63, 3.8) is 0 Å². The Morgan fingerprint density at radius 3 is 2.53 bits per heavy atom. The molecule has 0 bridgehead atoms. The SMILES string of the molecule is CC1=C[C@@H]2[C@@H](C[C@H]1O)[C@@](C)(O)CCCC2(C)C. The van der Waals surface area contributed by atoms with Crippen LogP contribution in [0.3, 0.4) is 0 Å². The van der Waals surface area contributed by atoms with E-state index in [9.17, 15) is 10.2 Å². The number of hydrogen-bond acceptors (Lipinski definition) is 2. The molecule has 0 aromatic heterocycles. The first-order valence-electron chi connectivity index (χ1n) is 6.83. The fraction of sp³-hybridized carbons (Fsp3) is 0.867. The van der Waals surface area contributed by atoms with Gasteiger partial charge in [0.05, 0.1) is 11.7 Å². The van der Waals surface area contributed by atoms with E-state index in [0.29, 0.717) is 12.3 Å². The average molecular weight is 238 g/mol. The van der Waals surface area contributed by atoms with Gasteiger partial charge in [0.25, 0.3) is 0 Å². The molecule has 0 saturated heterocycles. The number of rotatable bonds is 0. The molecule has 2 rings (SSSR count). The van der Waals surface area contributed by atoms with Crippen molar-refractivity contribution in [1.82, 2.24) is 0 Å². The van der Waals surface area contributed by atoms with Crippen LogP contribution in [0.15, 0.2) is 11.6 Å². The van der Waals surface area contributed by atoms with Crippen LogP contribution in [-0.2, 0) is 0 Å². The lowest BCUT2D eigenvalue weighted by molar-refractivity contribution is -0.0539. The third-order valence-corrected chi connectivity index (χ3v) is 5.08. The van der Waals surface area contributed by atoms with Gasteiger partial charge in [-0.05, 0) is 55.9 Å². The maximum absolute atomic E-state index is 10.6. The summed E-state index contributed by atoms with van der Waals surface area (Å²) in [4.78, 5) is 0. The summed E-state index contributed by atoms with van der Waals surface area (Å²) in [7, 11) is 0. The highest BCUT2D eigenvalue weighted by molar-refractivity contribution is 5.18. The largest absolute Gasteiger partial charge is 0.390 e. The molecule has 1 fully saturated rings. The molecule has 0 spiro atoms. The predicted octanol–water partition coefficient (Wildman–Crippen LogP) is 2.89. The Balaban J connectivity index is 2.41. The minimum atomic E-state index is -0.628. The molecule has 2 aliphatic rings. The van der Waals surface area contributed by atoms with Gasteiger partial charge in [0, 0.05) is 0 Å². The monoisotopic (exact) mass is 238 g/mol. The van der Waals surface area contributed by atoms with E-state index in [1.165, 1.54) is 0 Å². The first kappa shape index (κ1) is 13.1. The number of aliphatic hydroxyl groups excluding tert-OH is 1. The summed E-state index contributed by atoms with van der Waals surface area (Å²) < 4.78 is 0. The second kappa shape index (κ2) is 4.10. The minimum absolute atomic E-state index is 0.193. The number of allylic oxidation sites excluding steroid dienone is 1. The van der Waals surface area contributed by atoms with E-state index in [1.54, 1.807) is 0 Å². The van der Waals surface area contributed by atoms with Crippen molar-refractivity contribution in [3.8, 4) is 0 Å². The molecule has 0 aromatic rings. The Kier molecular flexibility index (Phi) is 3.16. The average Bonchev–Trinajstić information content (AvgIpc) is 2.27. The molecule has 2 nitrogen and oxygen atoms in total. The molecule has 1 saturated carbocycles. The quantitative estimate of drug-likeness (QED) is 0.637. The molecule has 98 valence electrons. The molecule has 2 heteroatoms. The second-order valence-corrected chi connectivity index (χ2v) is 6.99. The van der Waals surface area contributed by atoms with Crippen LogP contribution >= 0.6 is 0 Å². The zero-order valence-corrected chi connectivity index (χ0v) is 11.5. The van der Waals surface area contributed by atoms with Crippen molar-refractivity contribution < 1.29 is 10.2 Å². The fourth-order valence-electron chi connectivity index (χ4n) is 3.75. The smallest absolute Gasteiger partial charge is 0.0751 e. The van der Waals surface area contributed by atoms with Gasteiger partial charge in [0.2, 0.25) is 0 Å². The van der Waals surface area contributed by atoms with E-state index in [4.69, 9.17) is 0 Å². The first-order valence-corrected chi connectivity index (χ1v) is 6.83. The van der Waals surface area contributed by atoms with Crippen LogP contribution in [0.5, 0.6) is 0 Å². The third kappa shape index (κ3) is 2.30. The van der Waals surface area contributed by atoms with Crippen LogP contribution < -0.4 is 0 Å². The molecule has 2 N–H and O–H groups in total. The normalized spacial score (nSPS) is 45.8. The zero-order chi connectivity index (χ0) is 12.8. The van der Waals surface area contributed by atoms with Crippen LogP contribution in [0.2, 0.25) is 0 Å². The molecular weight excluding hydrogens is 212 g/mol. The van der Waals surface area contributed by atoms with Crippen molar-refractivity contribution in [1.29, 1.82) is 0 Å². The van der Waals surface area contributed by atoms with Gasteiger partial charge in [-0.25, -0.2) is 0 Å². The van der Waals surface area contributed by atoms with Crippen molar-refractivity contribution >= 4 is 0 Å². The molecule has 0 amide bonds. The predicted molar refractivity (Wildman–Crippen MR) is 69.6 cm³/mol. The van der Waals surface area contributed by atoms with Gasteiger partial charge in [0.1, 0.15) is 0 Å². The van der Waals surface area contributed by atoms with Gasteiger partial charge in [-0.15, -0.1) is 0 Å². The van der Waals surface area contributed by atoms with E-state index in [0.717, 1.165) is 24.8 Å². The lowest BCUT2D eigenvalue weighted by atomic mass is 9.62. The Bertz CT molecular complexity index is 328. The van der Waals surface area contributed by atoms with Crippen LogP contribution in [-0.4, -0.2) is 21.9 Å². The Hall–Kier alpha value is -0.340. The zero-order valence-electron chi connectivity index (χ0n) is 11.5. The minimum Gasteiger partial charge on any atom is -0.390 e. The van der Waals surface area contributed by atoms with Gasteiger partial charge >= 0.3 is 0 Å². The van der Waals surface area contributed by atoms with E-state index < -0.39 is 5.60 Å². The topological polar surface area (TPSA) is 40.5 Å². The summed E-state index contributed by atoms with van der Waals surface area (Å²) in [6.45, 7) is 8.56.